The van der Waals surface area contributed by atoms with Gasteiger partial charge in [-0.25, -0.2) is 9.97 Å². The highest BCUT2D eigenvalue weighted by Gasteiger charge is 2.27. The van der Waals surface area contributed by atoms with Gasteiger partial charge in [-0.2, -0.15) is 5.10 Å². The van der Waals surface area contributed by atoms with E-state index in [0.29, 0.717) is 12.5 Å². The van der Waals surface area contributed by atoms with E-state index >= 15 is 0 Å². The van der Waals surface area contributed by atoms with Gasteiger partial charge in [-0.1, -0.05) is 6.92 Å². The summed E-state index contributed by atoms with van der Waals surface area (Å²) in [7, 11) is 0. The fraction of sp³-hybridized carbons (Fsp3) is 0.550. The van der Waals surface area contributed by atoms with Crippen LogP contribution in [0.15, 0.2) is 24.7 Å². The molecule has 148 valence electrons. The molecule has 0 N–H and O–H groups in total. The summed E-state index contributed by atoms with van der Waals surface area (Å²) >= 11 is 0. The van der Waals surface area contributed by atoms with Crippen LogP contribution < -0.4 is 4.90 Å². The second kappa shape index (κ2) is 8.08. The Kier molecular flexibility index (Phi) is 5.36. The first kappa shape index (κ1) is 18.6. The Hall–Kier alpha value is -2.77. The molecule has 8 nitrogen and oxygen atoms in total. The van der Waals surface area contributed by atoms with E-state index in [1.165, 1.54) is 5.56 Å². The van der Waals surface area contributed by atoms with Gasteiger partial charge in [0.15, 0.2) is 5.82 Å². The number of hydrogen-bond acceptors (Lipinski definition) is 6. The number of anilines is 1. The Balaban J connectivity index is 1.46. The highest BCUT2D eigenvalue weighted by Crippen LogP contribution is 2.29. The summed E-state index contributed by atoms with van der Waals surface area (Å²) in [5.41, 5.74) is 2.31. The molecule has 0 aliphatic carbocycles. The molecule has 1 aliphatic heterocycles. The van der Waals surface area contributed by atoms with Crippen LogP contribution in [0, 0.1) is 6.92 Å². The molecule has 0 radical (unpaired) electrons. The maximum atomic E-state index is 4.76. The van der Waals surface area contributed by atoms with Crippen LogP contribution >= 0.6 is 0 Å². The fourth-order valence-electron chi connectivity index (χ4n) is 3.97. The molecular formula is C20H28N8. The van der Waals surface area contributed by atoms with Gasteiger partial charge in [-0.3, -0.25) is 4.68 Å². The Morgan fingerprint density at radius 1 is 1.14 bits per heavy atom. The lowest BCUT2D eigenvalue weighted by Gasteiger charge is -2.32. The Bertz CT molecular complexity index is 906. The number of hydrogen-bond donors (Lipinski definition) is 0. The molecule has 3 aromatic rings. The molecule has 1 fully saturated rings. The number of rotatable bonds is 6. The molecule has 4 heterocycles. The second-order valence-corrected chi connectivity index (χ2v) is 7.34. The molecule has 1 aliphatic rings. The van der Waals surface area contributed by atoms with Crippen molar-refractivity contribution < 1.29 is 0 Å². The van der Waals surface area contributed by atoms with Crippen molar-refractivity contribution in [2.24, 2.45) is 0 Å². The van der Waals surface area contributed by atoms with E-state index in [-0.39, 0.29) is 0 Å². The molecule has 3 aromatic heterocycles. The maximum Gasteiger partial charge on any atom is 0.225 e. The lowest BCUT2D eigenvalue weighted by Crippen LogP contribution is -2.35. The summed E-state index contributed by atoms with van der Waals surface area (Å²) < 4.78 is 4.14. The molecule has 0 spiro atoms. The van der Waals surface area contributed by atoms with E-state index in [9.17, 15) is 0 Å². The Labute approximate surface area is 165 Å². The number of aryl methyl sites for hydroxylation is 2. The normalized spacial score (nSPS) is 15.3. The zero-order chi connectivity index (χ0) is 19.5. The van der Waals surface area contributed by atoms with Gasteiger partial charge < -0.3 is 9.47 Å². The Morgan fingerprint density at radius 2 is 1.96 bits per heavy atom. The van der Waals surface area contributed by atoms with Crippen LogP contribution in [-0.4, -0.2) is 47.6 Å². The average molecular weight is 381 g/mol. The van der Waals surface area contributed by atoms with Gasteiger partial charge in [-0.05, 0) is 44.7 Å². The highest BCUT2D eigenvalue weighted by atomic mass is 15.3. The monoisotopic (exact) mass is 380 g/mol. The van der Waals surface area contributed by atoms with E-state index in [4.69, 9.17) is 4.98 Å². The SMILES string of the molecule is CCc1nc(N2CCC(c3nnc(Cn4cccn4)n3CC)CC2)ncc1C. The minimum absolute atomic E-state index is 0.422. The first-order valence-corrected chi connectivity index (χ1v) is 10.2. The van der Waals surface area contributed by atoms with E-state index in [1.54, 1.807) is 6.20 Å². The first-order valence-electron chi connectivity index (χ1n) is 10.2. The van der Waals surface area contributed by atoms with Gasteiger partial charge in [0.25, 0.3) is 0 Å². The van der Waals surface area contributed by atoms with Crippen molar-refractivity contribution in [1.82, 2.24) is 34.5 Å². The minimum atomic E-state index is 0.422. The molecular weight excluding hydrogens is 352 g/mol. The largest absolute Gasteiger partial charge is 0.341 e. The number of piperidine rings is 1. The zero-order valence-corrected chi connectivity index (χ0v) is 16.9. The predicted octanol–water partition coefficient (Wildman–Crippen LogP) is 2.59. The molecule has 0 aromatic carbocycles. The van der Waals surface area contributed by atoms with E-state index in [1.807, 2.05) is 23.1 Å². The van der Waals surface area contributed by atoms with Crippen molar-refractivity contribution >= 4 is 5.95 Å². The molecule has 4 rings (SSSR count). The van der Waals surface area contributed by atoms with Crippen molar-refractivity contribution in [2.45, 2.75) is 59.0 Å². The van der Waals surface area contributed by atoms with Crippen LogP contribution in [0.25, 0.3) is 0 Å². The summed E-state index contributed by atoms with van der Waals surface area (Å²) in [5.74, 6) is 3.35. The van der Waals surface area contributed by atoms with Crippen LogP contribution in [0.2, 0.25) is 0 Å². The van der Waals surface area contributed by atoms with Crippen molar-refractivity contribution in [1.29, 1.82) is 0 Å². The molecule has 0 atom stereocenters. The van der Waals surface area contributed by atoms with E-state index in [0.717, 1.165) is 62.2 Å². The summed E-state index contributed by atoms with van der Waals surface area (Å²) in [4.78, 5) is 11.6. The van der Waals surface area contributed by atoms with E-state index < -0.39 is 0 Å². The van der Waals surface area contributed by atoms with Crippen molar-refractivity contribution in [3.05, 3.63) is 47.6 Å². The van der Waals surface area contributed by atoms with Gasteiger partial charge in [-0.15, -0.1) is 10.2 Å². The summed E-state index contributed by atoms with van der Waals surface area (Å²) in [6.45, 7) is 9.80. The van der Waals surface area contributed by atoms with Crippen LogP contribution in [0.5, 0.6) is 0 Å². The third-order valence-electron chi connectivity index (χ3n) is 5.58. The molecule has 8 heteroatoms. The topological polar surface area (TPSA) is 77.5 Å². The molecule has 0 bridgehead atoms. The molecule has 28 heavy (non-hydrogen) atoms. The highest BCUT2D eigenvalue weighted by molar-refractivity contribution is 5.34. The number of aromatic nitrogens is 7. The number of nitrogens with zero attached hydrogens (tertiary/aromatic N) is 8. The quantitative estimate of drug-likeness (QED) is 0.654. The summed E-state index contributed by atoms with van der Waals surface area (Å²) in [5, 5.41) is 13.3. The van der Waals surface area contributed by atoms with Crippen molar-refractivity contribution in [2.75, 3.05) is 18.0 Å². The van der Waals surface area contributed by atoms with Gasteiger partial charge in [0, 0.05) is 49.8 Å². The fourth-order valence-corrected chi connectivity index (χ4v) is 3.97. The van der Waals surface area contributed by atoms with Crippen LogP contribution in [0.1, 0.15) is 55.5 Å². The lowest BCUT2D eigenvalue weighted by molar-refractivity contribution is 0.458. The molecule has 1 saturated heterocycles. The minimum Gasteiger partial charge on any atom is -0.341 e. The second-order valence-electron chi connectivity index (χ2n) is 7.34. The summed E-state index contributed by atoms with van der Waals surface area (Å²) in [6, 6.07) is 1.93. The maximum absolute atomic E-state index is 4.76. The van der Waals surface area contributed by atoms with Gasteiger partial charge >= 0.3 is 0 Å². The van der Waals surface area contributed by atoms with Gasteiger partial charge in [0.2, 0.25) is 5.95 Å². The van der Waals surface area contributed by atoms with Crippen molar-refractivity contribution in [3.63, 3.8) is 0 Å². The first-order chi connectivity index (χ1) is 13.7. The third kappa shape index (κ3) is 3.63. The predicted molar refractivity (Wildman–Crippen MR) is 107 cm³/mol. The standard InChI is InChI=1S/C20H28N8/c1-4-17-15(3)13-21-20(23-17)26-11-7-16(8-12-26)19-25-24-18(28(19)5-2)14-27-10-6-9-22-27/h6,9-10,13,16H,4-5,7-8,11-12,14H2,1-3H3. The zero-order valence-electron chi connectivity index (χ0n) is 16.9. The lowest BCUT2D eigenvalue weighted by atomic mass is 9.96. The molecule has 0 unspecified atom stereocenters. The average Bonchev–Trinajstić information content (AvgIpc) is 3.38. The van der Waals surface area contributed by atoms with Crippen LogP contribution in [-0.2, 0) is 19.5 Å². The van der Waals surface area contributed by atoms with Gasteiger partial charge in [0.05, 0.1) is 0 Å². The smallest absolute Gasteiger partial charge is 0.225 e. The van der Waals surface area contributed by atoms with Crippen LogP contribution in [0.4, 0.5) is 5.95 Å². The Morgan fingerprint density at radius 3 is 2.64 bits per heavy atom. The summed E-state index contributed by atoms with van der Waals surface area (Å²) in [6.07, 6.45) is 8.72. The third-order valence-corrected chi connectivity index (χ3v) is 5.58. The molecule has 0 amide bonds. The van der Waals surface area contributed by atoms with Crippen LogP contribution in [0.3, 0.4) is 0 Å². The molecule has 0 saturated carbocycles. The van der Waals surface area contributed by atoms with E-state index in [2.05, 4.69) is 50.5 Å². The van der Waals surface area contributed by atoms with Crippen molar-refractivity contribution in [3.8, 4) is 0 Å². The van der Waals surface area contributed by atoms with Gasteiger partial charge in [0.1, 0.15) is 12.4 Å².